The molecule has 3 heteroatoms. The first-order valence-electron chi connectivity index (χ1n) is 6.67. The second-order valence-corrected chi connectivity index (χ2v) is 4.88. The van der Waals surface area contributed by atoms with Gasteiger partial charge in [0.2, 0.25) is 0 Å². The summed E-state index contributed by atoms with van der Waals surface area (Å²) >= 11 is 0. The molecule has 1 aromatic carbocycles. The van der Waals surface area contributed by atoms with Gasteiger partial charge in [0.15, 0.2) is 0 Å². The zero-order valence-corrected chi connectivity index (χ0v) is 10.7. The van der Waals surface area contributed by atoms with Crippen molar-refractivity contribution in [3.63, 3.8) is 0 Å². The lowest BCUT2D eigenvalue weighted by atomic mass is 9.89. The van der Waals surface area contributed by atoms with Crippen LogP contribution in [0.3, 0.4) is 0 Å². The molecule has 3 nitrogen and oxygen atoms in total. The van der Waals surface area contributed by atoms with Crippen LogP contribution in [0.5, 0.6) is 11.5 Å². The van der Waals surface area contributed by atoms with Crippen LogP contribution in [0.15, 0.2) is 24.3 Å². The molecule has 0 aliphatic carbocycles. The highest BCUT2D eigenvalue weighted by Gasteiger charge is 2.34. The van der Waals surface area contributed by atoms with Gasteiger partial charge >= 0.3 is 0 Å². The molecular formula is C15H19NO2. The Hall–Kier alpha value is -1.48. The monoisotopic (exact) mass is 245 g/mol. The molecule has 18 heavy (non-hydrogen) atoms. The van der Waals surface area contributed by atoms with Gasteiger partial charge in [-0.2, -0.15) is 0 Å². The maximum absolute atomic E-state index is 6.24. The standard InChI is InChI=1S/C15H19NO2/c1-2-17-13-4-3-12-5-6-15(18-14(12)11-13)7-9-16-10-8-15/h3-6,11,16H,2,7-10H2,1H3. The van der Waals surface area contributed by atoms with Gasteiger partial charge in [0.05, 0.1) is 6.61 Å². The molecule has 2 heterocycles. The van der Waals surface area contributed by atoms with E-state index in [9.17, 15) is 0 Å². The summed E-state index contributed by atoms with van der Waals surface area (Å²) in [4.78, 5) is 0. The third-order valence-corrected chi connectivity index (χ3v) is 3.63. The number of piperidine rings is 1. The van der Waals surface area contributed by atoms with E-state index in [4.69, 9.17) is 9.47 Å². The van der Waals surface area contributed by atoms with Crippen LogP contribution in [0.1, 0.15) is 25.3 Å². The lowest BCUT2D eigenvalue weighted by molar-refractivity contribution is 0.0820. The van der Waals surface area contributed by atoms with Crippen LogP contribution in [0, 0.1) is 0 Å². The Labute approximate surface area is 108 Å². The average Bonchev–Trinajstić information content (AvgIpc) is 2.40. The van der Waals surface area contributed by atoms with Crippen molar-refractivity contribution < 1.29 is 9.47 Å². The molecule has 0 aromatic heterocycles. The summed E-state index contributed by atoms with van der Waals surface area (Å²) in [6.07, 6.45) is 6.46. The van der Waals surface area contributed by atoms with Crippen molar-refractivity contribution in [3.8, 4) is 11.5 Å². The molecule has 0 unspecified atom stereocenters. The van der Waals surface area contributed by atoms with E-state index in [1.807, 2.05) is 19.1 Å². The first-order chi connectivity index (χ1) is 8.81. The van der Waals surface area contributed by atoms with Crippen LogP contribution in [-0.4, -0.2) is 25.3 Å². The molecule has 1 aromatic rings. The van der Waals surface area contributed by atoms with Gasteiger partial charge in [0, 0.05) is 24.5 Å². The third kappa shape index (κ3) is 2.10. The zero-order valence-electron chi connectivity index (χ0n) is 10.7. The quantitative estimate of drug-likeness (QED) is 0.868. The largest absolute Gasteiger partial charge is 0.494 e. The van der Waals surface area contributed by atoms with E-state index in [1.54, 1.807) is 0 Å². The Kier molecular flexibility index (Phi) is 3.00. The lowest BCUT2D eigenvalue weighted by Crippen LogP contribution is -2.45. The van der Waals surface area contributed by atoms with Gasteiger partial charge in [-0.15, -0.1) is 0 Å². The minimum absolute atomic E-state index is 0.108. The number of fused-ring (bicyclic) bond motifs is 1. The maximum atomic E-state index is 6.24. The number of rotatable bonds is 2. The van der Waals surface area contributed by atoms with Crippen LogP contribution in [-0.2, 0) is 0 Å². The van der Waals surface area contributed by atoms with E-state index >= 15 is 0 Å². The molecule has 0 amide bonds. The Morgan fingerprint density at radius 3 is 2.94 bits per heavy atom. The number of benzene rings is 1. The molecule has 0 bridgehead atoms. The fourth-order valence-corrected chi connectivity index (χ4v) is 2.61. The maximum Gasteiger partial charge on any atom is 0.131 e. The molecule has 0 saturated carbocycles. The van der Waals surface area contributed by atoms with Crippen LogP contribution < -0.4 is 14.8 Å². The molecule has 0 radical (unpaired) electrons. The normalized spacial score (nSPS) is 20.3. The molecule has 1 fully saturated rings. The lowest BCUT2D eigenvalue weighted by Gasteiger charge is -2.38. The minimum Gasteiger partial charge on any atom is -0.494 e. The van der Waals surface area contributed by atoms with Crippen molar-refractivity contribution >= 4 is 6.08 Å². The molecule has 1 N–H and O–H groups in total. The first-order valence-corrected chi connectivity index (χ1v) is 6.67. The van der Waals surface area contributed by atoms with E-state index < -0.39 is 0 Å². The summed E-state index contributed by atoms with van der Waals surface area (Å²) in [7, 11) is 0. The molecule has 2 aliphatic heterocycles. The Morgan fingerprint density at radius 2 is 2.17 bits per heavy atom. The van der Waals surface area contributed by atoms with Crippen LogP contribution in [0.2, 0.25) is 0 Å². The number of ether oxygens (including phenoxy) is 2. The summed E-state index contributed by atoms with van der Waals surface area (Å²) < 4.78 is 11.8. The molecule has 1 saturated heterocycles. The summed E-state index contributed by atoms with van der Waals surface area (Å²) in [6.45, 7) is 4.72. The van der Waals surface area contributed by atoms with Gasteiger partial charge in [-0.25, -0.2) is 0 Å². The third-order valence-electron chi connectivity index (χ3n) is 3.63. The van der Waals surface area contributed by atoms with Gasteiger partial charge in [0.1, 0.15) is 17.1 Å². The Bertz CT molecular complexity index is 462. The molecule has 0 atom stereocenters. The number of hydrogen-bond acceptors (Lipinski definition) is 3. The van der Waals surface area contributed by atoms with E-state index in [2.05, 4.69) is 23.5 Å². The Balaban J connectivity index is 1.88. The highest BCUT2D eigenvalue weighted by Crippen LogP contribution is 2.37. The predicted molar refractivity (Wildman–Crippen MR) is 72.1 cm³/mol. The van der Waals surface area contributed by atoms with Crippen molar-refractivity contribution in [2.75, 3.05) is 19.7 Å². The second-order valence-electron chi connectivity index (χ2n) is 4.88. The number of hydrogen-bond donors (Lipinski definition) is 1. The molecule has 96 valence electrons. The fourth-order valence-electron chi connectivity index (χ4n) is 2.61. The van der Waals surface area contributed by atoms with Crippen molar-refractivity contribution in [3.05, 3.63) is 29.8 Å². The highest BCUT2D eigenvalue weighted by atomic mass is 16.5. The minimum atomic E-state index is -0.108. The number of nitrogens with one attached hydrogen (secondary N) is 1. The summed E-state index contributed by atoms with van der Waals surface area (Å²) in [5.41, 5.74) is 1.03. The van der Waals surface area contributed by atoms with Crippen LogP contribution in [0.25, 0.3) is 6.08 Å². The van der Waals surface area contributed by atoms with E-state index in [0.717, 1.165) is 43.0 Å². The summed E-state index contributed by atoms with van der Waals surface area (Å²) in [5, 5.41) is 3.37. The van der Waals surface area contributed by atoms with Gasteiger partial charge in [-0.3, -0.25) is 0 Å². The molecule has 1 spiro atoms. The van der Waals surface area contributed by atoms with Crippen molar-refractivity contribution in [2.45, 2.75) is 25.4 Å². The van der Waals surface area contributed by atoms with Crippen molar-refractivity contribution in [1.82, 2.24) is 5.32 Å². The average molecular weight is 245 g/mol. The van der Waals surface area contributed by atoms with Crippen molar-refractivity contribution in [1.29, 1.82) is 0 Å². The highest BCUT2D eigenvalue weighted by molar-refractivity contribution is 5.62. The van der Waals surface area contributed by atoms with Gasteiger partial charge in [-0.1, -0.05) is 6.08 Å². The van der Waals surface area contributed by atoms with E-state index in [1.165, 1.54) is 0 Å². The zero-order chi connectivity index (χ0) is 12.4. The van der Waals surface area contributed by atoms with Gasteiger partial charge < -0.3 is 14.8 Å². The SMILES string of the molecule is CCOc1ccc2c(c1)OC1(C=C2)CCNCC1. The topological polar surface area (TPSA) is 30.5 Å². The fraction of sp³-hybridized carbons (Fsp3) is 0.467. The first kappa shape index (κ1) is 11.6. The molecule has 3 rings (SSSR count). The van der Waals surface area contributed by atoms with Gasteiger partial charge in [0.25, 0.3) is 0 Å². The smallest absolute Gasteiger partial charge is 0.131 e. The Morgan fingerprint density at radius 1 is 1.33 bits per heavy atom. The van der Waals surface area contributed by atoms with Crippen molar-refractivity contribution in [2.24, 2.45) is 0 Å². The van der Waals surface area contributed by atoms with E-state index in [-0.39, 0.29) is 5.60 Å². The van der Waals surface area contributed by atoms with Crippen LogP contribution in [0.4, 0.5) is 0 Å². The van der Waals surface area contributed by atoms with Gasteiger partial charge in [-0.05, 0) is 38.2 Å². The summed E-state index contributed by atoms with van der Waals surface area (Å²) in [5.74, 6) is 1.83. The molecule has 2 aliphatic rings. The molecular weight excluding hydrogens is 226 g/mol. The van der Waals surface area contributed by atoms with E-state index in [0.29, 0.717) is 6.61 Å². The second kappa shape index (κ2) is 4.65. The van der Waals surface area contributed by atoms with Crippen LogP contribution >= 0.6 is 0 Å². The summed E-state index contributed by atoms with van der Waals surface area (Å²) in [6, 6.07) is 6.06. The predicted octanol–water partition coefficient (Wildman–Crippen LogP) is 2.61.